The summed E-state index contributed by atoms with van der Waals surface area (Å²) in [6.45, 7) is 5.74. The summed E-state index contributed by atoms with van der Waals surface area (Å²) in [7, 11) is 0. The summed E-state index contributed by atoms with van der Waals surface area (Å²) in [6.07, 6.45) is 3.75. The Morgan fingerprint density at radius 2 is 1.89 bits per heavy atom. The van der Waals surface area contributed by atoms with Crippen LogP contribution in [0.3, 0.4) is 0 Å². The van der Waals surface area contributed by atoms with Gasteiger partial charge in [0.25, 0.3) is 0 Å². The van der Waals surface area contributed by atoms with Gasteiger partial charge in [-0.2, -0.15) is 5.10 Å². The maximum Gasteiger partial charge on any atom is 0.156 e. The van der Waals surface area contributed by atoms with E-state index in [1.165, 1.54) is 6.07 Å². The molecule has 4 heterocycles. The minimum absolute atomic E-state index is 0.230. The molecule has 142 valence electrons. The second kappa shape index (κ2) is 6.56. The van der Waals surface area contributed by atoms with Crippen LogP contribution >= 0.6 is 0 Å². The van der Waals surface area contributed by atoms with Gasteiger partial charge in [0.2, 0.25) is 0 Å². The molecular formula is C20H20FN7. The van der Waals surface area contributed by atoms with Gasteiger partial charge in [0.1, 0.15) is 11.0 Å². The van der Waals surface area contributed by atoms with Crippen molar-refractivity contribution in [3.8, 4) is 11.3 Å². The molecule has 7 nitrogen and oxygen atoms in total. The molecule has 1 fully saturated rings. The summed E-state index contributed by atoms with van der Waals surface area (Å²) >= 11 is 0. The zero-order valence-corrected chi connectivity index (χ0v) is 15.8. The summed E-state index contributed by atoms with van der Waals surface area (Å²) < 4.78 is 16.6. The van der Waals surface area contributed by atoms with Crippen molar-refractivity contribution in [1.29, 1.82) is 0 Å². The first-order valence-corrected chi connectivity index (χ1v) is 9.47. The number of aryl methyl sites for hydroxylation is 2. The maximum absolute atomic E-state index is 14.9. The topological polar surface area (TPSA) is 80.9 Å². The van der Waals surface area contributed by atoms with E-state index in [9.17, 15) is 4.39 Å². The lowest BCUT2D eigenvalue weighted by Crippen LogP contribution is -2.27. The van der Waals surface area contributed by atoms with E-state index in [-0.39, 0.29) is 11.4 Å². The molecule has 0 atom stereocenters. The number of hydrogen-bond acceptors (Lipinski definition) is 6. The number of piperidine rings is 1. The van der Waals surface area contributed by atoms with E-state index in [4.69, 9.17) is 0 Å². The van der Waals surface area contributed by atoms with Crippen LogP contribution in [-0.2, 0) is 0 Å². The minimum Gasteiger partial charge on any atom is -0.317 e. The van der Waals surface area contributed by atoms with Crippen LogP contribution < -0.4 is 5.32 Å². The van der Waals surface area contributed by atoms with Gasteiger partial charge >= 0.3 is 0 Å². The first-order chi connectivity index (χ1) is 13.6. The number of benzene rings is 1. The molecule has 0 amide bonds. The number of nitrogens with one attached hydrogen (secondary N) is 1. The molecule has 28 heavy (non-hydrogen) atoms. The van der Waals surface area contributed by atoms with E-state index < -0.39 is 5.82 Å². The standard InChI is InChI=1S/C20H20FN7/c1-11-7-16(27-28-10-12(2)23-20(11)28)14-8-15(21)18-17(9-14)25-26-19(24-18)13-3-5-22-6-4-13/h7-10,13,22H,3-6H2,1-2H3. The van der Waals surface area contributed by atoms with Crippen LogP contribution in [0.1, 0.15) is 35.8 Å². The van der Waals surface area contributed by atoms with Gasteiger partial charge in [-0.15, -0.1) is 10.2 Å². The van der Waals surface area contributed by atoms with Gasteiger partial charge in [0.15, 0.2) is 17.3 Å². The van der Waals surface area contributed by atoms with Gasteiger partial charge in [-0.3, -0.25) is 0 Å². The Morgan fingerprint density at radius 1 is 1.07 bits per heavy atom. The van der Waals surface area contributed by atoms with Crippen LogP contribution in [0.25, 0.3) is 27.9 Å². The van der Waals surface area contributed by atoms with Crippen molar-refractivity contribution in [2.24, 2.45) is 0 Å². The Morgan fingerprint density at radius 3 is 2.71 bits per heavy atom. The highest BCUT2D eigenvalue weighted by Gasteiger charge is 2.20. The Kier molecular flexibility index (Phi) is 4.01. The second-order valence-electron chi connectivity index (χ2n) is 7.38. The monoisotopic (exact) mass is 377 g/mol. The normalized spacial score (nSPS) is 15.5. The van der Waals surface area contributed by atoms with E-state index in [0.29, 0.717) is 22.6 Å². The molecule has 0 spiro atoms. The van der Waals surface area contributed by atoms with E-state index in [1.54, 1.807) is 10.6 Å². The lowest BCUT2D eigenvalue weighted by Gasteiger charge is -2.20. The van der Waals surface area contributed by atoms with Crippen LogP contribution in [0.15, 0.2) is 24.4 Å². The molecule has 4 aromatic rings. The number of fused-ring (bicyclic) bond motifs is 2. The number of nitrogens with zero attached hydrogens (tertiary/aromatic N) is 6. The second-order valence-corrected chi connectivity index (χ2v) is 7.38. The third-order valence-corrected chi connectivity index (χ3v) is 5.26. The highest BCUT2D eigenvalue weighted by atomic mass is 19.1. The molecule has 3 aromatic heterocycles. The fraction of sp³-hybridized carbons (Fsp3) is 0.350. The first-order valence-electron chi connectivity index (χ1n) is 9.47. The van der Waals surface area contributed by atoms with Crippen molar-refractivity contribution in [1.82, 2.24) is 35.1 Å². The van der Waals surface area contributed by atoms with E-state index in [2.05, 4.69) is 30.6 Å². The largest absolute Gasteiger partial charge is 0.317 e. The molecular weight excluding hydrogens is 357 g/mol. The highest BCUT2D eigenvalue weighted by molar-refractivity contribution is 5.81. The lowest BCUT2D eigenvalue weighted by molar-refractivity contribution is 0.442. The summed E-state index contributed by atoms with van der Waals surface area (Å²) in [4.78, 5) is 8.95. The van der Waals surface area contributed by atoms with Crippen LogP contribution in [0.2, 0.25) is 0 Å². The molecule has 5 rings (SSSR count). The average Bonchev–Trinajstić information content (AvgIpc) is 3.09. The van der Waals surface area contributed by atoms with Gasteiger partial charge in [0, 0.05) is 11.5 Å². The molecule has 0 saturated carbocycles. The fourth-order valence-electron chi connectivity index (χ4n) is 3.80. The van der Waals surface area contributed by atoms with Crippen LogP contribution in [-0.4, -0.2) is 42.9 Å². The zero-order chi connectivity index (χ0) is 19.3. The van der Waals surface area contributed by atoms with Gasteiger partial charge in [-0.25, -0.2) is 18.9 Å². The van der Waals surface area contributed by atoms with E-state index >= 15 is 0 Å². The third kappa shape index (κ3) is 2.90. The highest BCUT2D eigenvalue weighted by Crippen LogP contribution is 2.27. The molecule has 1 aliphatic rings. The van der Waals surface area contributed by atoms with Crippen molar-refractivity contribution in [3.63, 3.8) is 0 Å². The minimum atomic E-state index is -0.404. The summed E-state index contributed by atoms with van der Waals surface area (Å²) in [5.41, 5.74) is 4.68. The fourth-order valence-corrected chi connectivity index (χ4v) is 3.80. The van der Waals surface area contributed by atoms with Crippen LogP contribution in [0, 0.1) is 19.7 Å². The van der Waals surface area contributed by atoms with E-state index in [0.717, 1.165) is 42.8 Å². The zero-order valence-electron chi connectivity index (χ0n) is 15.8. The average molecular weight is 377 g/mol. The van der Waals surface area contributed by atoms with E-state index in [1.807, 2.05) is 26.1 Å². The maximum atomic E-state index is 14.9. The van der Waals surface area contributed by atoms with Crippen molar-refractivity contribution in [2.75, 3.05) is 13.1 Å². The molecule has 1 N–H and O–H groups in total. The molecule has 1 saturated heterocycles. The SMILES string of the molecule is Cc1cn2nc(-c3cc(F)c4nc(C5CCNCC5)nnc4c3)cc(C)c2n1. The van der Waals surface area contributed by atoms with Crippen molar-refractivity contribution in [2.45, 2.75) is 32.6 Å². The smallest absolute Gasteiger partial charge is 0.156 e. The van der Waals surface area contributed by atoms with Gasteiger partial charge < -0.3 is 5.32 Å². The predicted octanol–water partition coefficient (Wildman–Crippen LogP) is 2.96. The number of rotatable bonds is 2. The van der Waals surface area contributed by atoms with Crippen LogP contribution in [0.5, 0.6) is 0 Å². The van der Waals surface area contributed by atoms with Crippen molar-refractivity contribution in [3.05, 3.63) is 47.3 Å². The molecule has 0 radical (unpaired) electrons. The molecule has 1 aliphatic heterocycles. The third-order valence-electron chi connectivity index (χ3n) is 5.26. The van der Waals surface area contributed by atoms with Gasteiger partial charge in [0.05, 0.1) is 17.6 Å². The summed E-state index contributed by atoms with van der Waals surface area (Å²) in [5.74, 6) is 0.456. The molecule has 1 aromatic carbocycles. The van der Waals surface area contributed by atoms with Gasteiger partial charge in [-0.1, -0.05) is 0 Å². The Balaban J connectivity index is 1.59. The quantitative estimate of drug-likeness (QED) is 0.578. The molecule has 8 heteroatoms. The Hall–Kier alpha value is -3.00. The molecule has 0 aliphatic carbocycles. The predicted molar refractivity (Wildman–Crippen MR) is 104 cm³/mol. The number of hydrogen-bond donors (Lipinski definition) is 1. The van der Waals surface area contributed by atoms with Crippen LogP contribution in [0.4, 0.5) is 4.39 Å². The summed E-state index contributed by atoms with van der Waals surface area (Å²) in [5, 5.41) is 16.5. The first kappa shape index (κ1) is 17.1. The number of aromatic nitrogens is 6. The number of halogens is 1. The Labute approximate surface area is 161 Å². The number of imidazole rings is 1. The molecule has 0 unspecified atom stereocenters. The molecule has 0 bridgehead atoms. The lowest BCUT2D eigenvalue weighted by atomic mass is 9.97. The van der Waals surface area contributed by atoms with Gasteiger partial charge in [-0.05, 0) is 63.5 Å². The summed E-state index contributed by atoms with van der Waals surface area (Å²) in [6, 6.07) is 5.18. The van der Waals surface area contributed by atoms with Crippen molar-refractivity contribution >= 4 is 16.7 Å². The van der Waals surface area contributed by atoms with Crippen molar-refractivity contribution < 1.29 is 4.39 Å². The Bertz CT molecular complexity index is 1190.